The molecule has 2 saturated heterocycles. The Morgan fingerprint density at radius 2 is 2.00 bits per heavy atom. The van der Waals surface area contributed by atoms with Crippen LogP contribution in [0.2, 0.25) is 0 Å². The fourth-order valence-corrected chi connectivity index (χ4v) is 2.36. The second kappa shape index (κ2) is 2.98. The minimum absolute atomic E-state index is 0.0753. The third-order valence-electron chi connectivity index (χ3n) is 3.26. The molecule has 12 heavy (non-hydrogen) atoms. The Morgan fingerprint density at radius 1 is 1.25 bits per heavy atom. The maximum atomic E-state index is 9.47. The first-order valence-corrected chi connectivity index (χ1v) is 4.79. The Morgan fingerprint density at radius 3 is 2.75 bits per heavy atom. The molecule has 0 aromatic heterocycles. The molecule has 0 aromatic carbocycles. The first kappa shape index (κ1) is 8.48. The van der Waals surface area contributed by atoms with Gasteiger partial charge in [-0.2, -0.15) is 0 Å². The van der Waals surface area contributed by atoms with Crippen molar-refractivity contribution in [3.05, 3.63) is 0 Å². The summed E-state index contributed by atoms with van der Waals surface area (Å²) in [6, 6.07) is 1.26. The largest absolute Gasteiger partial charge is 0.392 e. The lowest BCUT2D eigenvalue weighted by Crippen LogP contribution is -2.53. The third-order valence-corrected chi connectivity index (χ3v) is 3.26. The number of hydrogen-bond acceptors (Lipinski definition) is 3. The van der Waals surface area contributed by atoms with E-state index >= 15 is 0 Å². The number of nitrogens with zero attached hydrogens (tertiary/aromatic N) is 2. The molecule has 0 radical (unpaired) electrons. The van der Waals surface area contributed by atoms with Gasteiger partial charge in [0.25, 0.3) is 0 Å². The van der Waals surface area contributed by atoms with Crippen LogP contribution >= 0.6 is 0 Å². The summed E-state index contributed by atoms with van der Waals surface area (Å²) in [5, 5.41) is 9.47. The van der Waals surface area contributed by atoms with Gasteiger partial charge in [-0.25, -0.2) is 0 Å². The number of fused-ring (bicyclic) bond motifs is 1. The molecule has 3 heteroatoms. The molecule has 1 N–H and O–H groups in total. The van der Waals surface area contributed by atoms with Crippen molar-refractivity contribution >= 4 is 0 Å². The molecule has 3 atom stereocenters. The van der Waals surface area contributed by atoms with E-state index in [2.05, 4.69) is 23.8 Å². The van der Waals surface area contributed by atoms with Crippen LogP contribution in [0, 0.1) is 0 Å². The second-order valence-electron chi connectivity index (χ2n) is 4.29. The van der Waals surface area contributed by atoms with Crippen LogP contribution in [0.5, 0.6) is 0 Å². The predicted octanol–water partition coefficient (Wildman–Crippen LogP) is -0.245. The minimum atomic E-state index is -0.0753. The van der Waals surface area contributed by atoms with Gasteiger partial charge in [0, 0.05) is 31.7 Å². The van der Waals surface area contributed by atoms with Gasteiger partial charge in [-0.15, -0.1) is 0 Å². The summed E-state index contributed by atoms with van der Waals surface area (Å²) < 4.78 is 0. The van der Waals surface area contributed by atoms with E-state index in [0.717, 1.165) is 26.1 Å². The van der Waals surface area contributed by atoms with Crippen molar-refractivity contribution in [1.82, 2.24) is 9.80 Å². The Bertz CT molecular complexity index is 156. The van der Waals surface area contributed by atoms with Crippen LogP contribution < -0.4 is 0 Å². The number of piperazine rings is 1. The van der Waals surface area contributed by atoms with Crippen LogP contribution in [0.3, 0.4) is 0 Å². The normalized spacial score (nSPS) is 44.8. The second-order valence-corrected chi connectivity index (χ2v) is 4.29. The molecule has 3 nitrogen and oxygen atoms in total. The summed E-state index contributed by atoms with van der Waals surface area (Å²) in [5.74, 6) is 0. The number of aliphatic hydroxyl groups excluding tert-OH is 1. The summed E-state index contributed by atoms with van der Waals surface area (Å²) in [7, 11) is 2.17. The maximum Gasteiger partial charge on any atom is 0.0682 e. The molecule has 2 heterocycles. The molecule has 0 spiro atoms. The van der Waals surface area contributed by atoms with E-state index < -0.39 is 0 Å². The van der Waals surface area contributed by atoms with Crippen molar-refractivity contribution < 1.29 is 5.11 Å². The SMILES string of the molecule is C[C@H]1CN2C[C@H](O)C[C@H]2CN1C. The minimum Gasteiger partial charge on any atom is -0.392 e. The van der Waals surface area contributed by atoms with Crippen LogP contribution in [0.15, 0.2) is 0 Å². The molecular formula is C9H18N2O. The van der Waals surface area contributed by atoms with Crippen LogP contribution in [0.25, 0.3) is 0 Å². The van der Waals surface area contributed by atoms with Gasteiger partial charge in [0.05, 0.1) is 6.10 Å². The van der Waals surface area contributed by atoms with Crippen molar-refractivity contribution in [2.24, 2.45) is 0 Å². The van der Waals surface area contributed by atoms with Gasteiger partial charge < -0.3 is 10.0 Å². The maximum absolute atomic E-state index is 9.47. The van der Waals surface area contributed by atoms with Gasteiger partial charge in [-0.05, 0) is 20.4 Å². The van der Waals surface area contributed by atoms with E-state index in [9.17, 15) is 5.11 Å². The van der Waals surface area contributed by atoms with E-state index in [1.165, 1.54) is 0 Å². The number of hydrogen-bond donors (Lipinski definition) is 1. The Hall–Kier alpha value is -0.120. The van der Waals surface area contributed by atoms with Gasteiger partial charge >= 0.3 is 0 Å². The van der Waals surface area contributed by atoms with Crippen molar-refractivity contribution in [3.63, 3.8) is 0 Å². The highest BCUT2D eigenvalue weighted by molar-refractivity contribution is 4.92. The summed E-state index contributed by atoms with van der Waals surface area (Å²) in [6.07, 6.45) is 0.894. The zero-order valence-corrected chi connectivity index (χ0v) is 7.90. The molecule has 2 fully saturated rings. The van der Waals surface area contributed by atoms with E-state index in [4.69, 9.17) is 0 Å². The average molecular weight is 170 g/mol. The number of rotatable bonds is 0. The quantitative estimate of drug-likeness (QED) is 0.543. The van der Waals surface area contributed by atoms with Crippen LogP contribution in [-0.4, -0.2) is 59.8 Å². The molecule has 0 amide bonds. The fourth-order valence-electron chi connectivity index (χ4n) is 2.36. The van der Waals surface area contributed by atoms with Gasteiger partial charge in [0.2, 0.25) is 0 Å². The Labute approximate surface area is 74.0 Å². The molecule has 0 bridgehead atoms. The summed E-state index contributed by atoms with van der Waals surface area (Å²) >= 11 is 0. The lowest BCUT2D eigenvalue weighted by atomic mass is 10.1. The smallest absolute Gasteiger partial charge is 0.0682 e. The standard InChI is InChI=1S/C9H18N2O/c1-7-4-11-6-9(12)3-8(11)5-10(7)2/h7-9,12H,3-6H2,1-2H3/t7-,8-,9+/m0/s1. The lowest BCUT2D eigenvalue weighted by Gasteiger charge is -2.39. The van der Waals surface area contributed by atoms with Crippen molar-refractivity contribution in [2.75, 3.05) is 26.7 Å². The molecule has 0 aromatic rings. The lowest BCUT2D eigenvalue weighted by molar-refractivity contribution is 0.0775. The topological polar surface area (TPSA) is 26.7 Å². The number of aliphatic hydroxyl groups is 1. The van der Waals surface area contributed by atoms with Gasteiger partial charge in [0.1, 0.15) is 0 Å². The van der Waals surface area contributed by atoms with E-state index in [1.807, 2.05) is 0 Å². The van der Waals surface area contributed by atoms with Crippen molar-refractivity contribution in [3.8, 4) is 0 Å². The summed E-state index contributed by atoms with van der Waals surface area (Å²) in [5.41, 5.74) is 0. The van der Waals surface area contributed by atoms with Crippen LogP contribution in [-0.2, 0) is 0 Å². The molecule has 0 saturated carbocycles. The molecule has 0 unspecified atom stereocenters. The highest BCUT2D eigenvalue weighted by Gasteiger charge is 2.36. The molecule has 2 aliphatic rings. The van der Waals surface area contributed by atoms with Crippen molar-refractivity contribution in [2.45, 2.75) is 31.5 Å². The fraction of sp³-hybridized carbons (Fsp3) is 1.00. The van der Waals surface area contributed by atoms with Gasteiger partial charge in [-0.3, -0.25) is 4.90 Å². The van der Waals surface area contributed by atoms with E-state index in [0.29, 0.717) is 12.1 Å². The highest BCUT2D eigenvalue weighted by atomic mass is 16.3. The average Bonchev–Trinajstić information content (AvgIpc) is 2.30. The highest BCUT2D eigenvalue weighted by Crippen LogP contribution is 2.23. The predicted molar refractivity (Wildman–Crippen MR) is 48.1 cm³/mol. The molecular weight excluding hydrogens is 152 g/mol. The summed E-state index contributed by atoms with van der Waals surface area (Å²) in [6.45, 7) is 5.39. The summed E-state index contributed by atoms with van der Waals surface area (Å²) in [4.78, 5) is 4.81. The Kier molecular flexibility index (Phi) is 2.10. The zero-order valence-electron chi connectivity index (χ0n) is 7.90. The molecule has 0 aliphatic carbocycles. The third kappa shape index (κ3) is 1.37. The first-order chi connectivity index (χ1) is 5.66. The monoisotopic (exact) mass is 170 g/mol. The van der Waals surface area contributed by atoms with E-state index in [1.54, 1.807) is 0 Å². The molecule has 2 rings (SSSR count). The van der Waals surface area contributed by atoms with Crippen molar-refractivity contribution in [1.29, 1.82) is 0 Å². The first-order valence-electron chi connectivity index (χ1n) is 4.79. The number of likely N-dealkylation sites (N-methyl/N-ethyl adjacent to an activating group) is 1. The van der Waals surface area contributed by atoms with E-state index in [-0.39, 0.29) is 6.10 Å². The Balaban J connectivity index is 2.01. The van der Waals surface area contributed by atoms with Crippen LogP contribution in [0.1, 0.15) is 13.3 Å². The molecule has 2 aliphatic heterocycles. The van der Waals surface area contributed by atoms with Crippen LogP contribution in [0.4, 0.5) is 0 Å². The van der Waals surface area contributed by atoms with Gasteiger partial charge in [-0.1, -0.05) is 0 Å². The van der Waals surface area contributed by atoms with Gasteiger partial charge in [0.15, 0.2) is 0 Å². The zero-order chi connectivity index (χ0) is 8.72. The molecule has 70 valence electrons.